The molecule has 0 aromatic heterocycles. The van der Waals surface area contributed by atoms with Gasteiger partial charge in [-0.1, -0.05) is 25.1 Å². The molecular weight excluding hydrogens is 465 g/mol. The maximum Gasteiger partial charge on any atom is 0.338 e. The van der Waals surface area contributed by atoms with Crippen LogP contribution in [-0.4, -0.2) is 85.2 Å². The van der Waals surface area contributed by atoms with Gasteiger partial charge in [-0.3, -0.25) is 9.80 Å². The Bertz CT molecular complexity index is 998. The van der Waals surface area contributed by atoms with Crippen LogP contribution in [0.25, 0.3) is 0 Å². The molecule has 1 saturated heterocycles. The summed E-state index contributed by atoms with van der Waals surface area (Å²) in [4.78, 5) is 44.2. The predicted octanol–water partition coefficient (Wildman–Crippen LogP) is 3.02. The fourth-order valence-electron chi connectivity index (χ4n) is 4.47. The number of ether oxygens (including phenoxy) is 1. The second kappa shape index (κ2) is 13.1. The van der Waals surface area contributed by atoms with Gasteiger partial charge in [0.1, 0.15) is 5.82 Å². The summed E-state index contributed by atoms with van der Waals surface area (Å²) in [5.41, 5.74) is 1.22. The largest absolute Gasteiger partial charge is 0.463 e. The predicted molar refractivity (Wildman–Crippen MR) is 135 cm³/mol. The van der Waals surface area contributed by atoms with Gasteiger partial charge in [-0.05, 0) is 37.5 Å². The van der Waals surface area contributed by atoms with E-state index in [0.29, 0.717) is 50.5 Å². The minimum Gasteiger partial charge on any atom is -0.463 e. The molecule has 2 aliphatic rings. The minimum atomic E-state index is -0.855. The average Bonchev–Trinajstić information content (AvgIpc) is 3.10. The molecule has 2 N–H and O–H groups in total. The summed E-state index contributed by atoms with van der Waals surface area (Å²) in [5, 5.41) is 5.75. The second-order valence-corrected chi connectivity index (χ2v) is 8.77. The van der Waals surface area contributed by atoms with Crippen molar-refractivity contribution >= 4 is 18.0 Å². The van der Waals surface area contributed by atoms with Crippen LogP contribution in [0.1, 0.15) is 38.3 Å². The van der Waals surface area contributed by atoms with E-state index < -0.39 is 23.9 Å². The van der Waals surface area contributed by atoms with Crippen molar-refractivity contribution in [3.8, 4) is 0 Å². The molecule has 0 radical (unpaired) electrons. The lowest BCUT2D eigenvalue weighted by atomic mass is 9.94. The molecule has 0 saturated carbocycles. The van der Waals surface area contributed by atoms with Gasteiger partial charge in [-0.15, -0.1) is 6.58 Å². The van der Waals surface area contributed by atoms with Crippen molar-refractivity contribution in [1.82, 2.24) is 25.3 Å². The number of esters is 1. The Hall–Kier alpha value is -3.40. The second-order valence-electron chi connectivity index (χ2n) is 8.77. The molecule has 36 heavy (non-hydrogen) atoms. The van der Waals surface area contributed by atoms with Gasteiger partial charge in [0.2, 0.25) is 0 Å². The number of amides is 4. The number of carbonyl (C=O) groups excluding carboxylic acids is 3. The smallest absolute Gasteiger partial charge is 0.338 e. The number of benzene rings is 1. The normalized spacial score (nSPS) is 19.0. The quantitative estimate of drug-likeness (QED) is 0.401. The first-order valence-corrected chi connectivity index (χ1v) is 12.5. The van der Waals surface area contributed by atoms with Gasteiger partial charge in [-0.2, -0.15) is 0 Å². The molecular formula is C26H36FN5O4. The van der Waals surface area contributed by atoms with Crippen molar-refractivity contribution in [2.45, 2.75) is 32.7 Å². The number of nitrogens with zero attached hydrogens (tertiary/aromatic N) is 3. The van der Waals surface area contributed by atoms with E-state index in [2.05, 4.69) is 22.1 Å². The van der Waals surface area contributed by atoms with E-state index in [1.165, 1.54) is 17.0 Å². The summed E-state index contributed by atoms with van der Waals surface area (Å²) < 4.78 is 19.5. The fraction of sp³-hybridized carbons (Fsp3) is 0.500. The van der Waals surface area contributed by atoms with Crippen LogP contribution in [0.2, 0.25) is 0 Å². The summed E-state index contributed by atoms with van der Waals surface area (Å²) in [6.45, 7) is 11.2. The molecule has 2 aliphatic heterocycles. The molecule has 1 fully saturated rings. The first-order valence-electron chi connectivity index (χ1n) is 12.5. The van der Waals surface area contributed by atoms with Crippen LogP contribution in [0.15, 0.2) is 48.2 Å². The number of hydrogen-bond acceptors (Lipinski definition) is 5. The first kappa shape index (κ1) is 27.2. The highest BCUT2D eigenvalue weighted by Crippen LogP contribution is 2.32. The zero-order chi connectivity index (χ0) is 26.1. The van der Waals surface area contributed by atoms with Crippen LogP contribution < -0.4 is 10.6 Å². The fourth-order valence-corrected chi connectivity index (χ4v) is 4.47. The van der Waals surface area contributed by atoms with Crippen molar-refractivity contribution in [1.29, 1.82) is 0 Å². The summed E-state index contributed by atoms with van der Waals surface area (Å²) >= 11 is 0. The van der Waals surface area contributed by atoms with E-state index in [0.717, 1.165) is 12.8 Å². The molecule has 9 nitrogen and oxygen atoms in total. The molecule has 196 valence electrons. The molecule has 1 atom stereocenters. The lowest BCUT2D eigenvalue weighted by Gasteiger charge is -2.38. The average molecular weight is 502 g/mol. The number of nitrogens with one attached hydrogen (secondary N) is 2. The Labute approximate surface area is 211 Å². The molecule has 4 amide bonds. The zero-order valence-corrected chi connectivity index (χ0v) is 21.1. The number of hydrogen-bond donors (Lipinski definition) is 2. The number of carbonyl (C=O) groups is 3. The molecule has 1 unspecified atom stereocenters. The topological polar surface area (TPSA) is 94.2 Å². The molecule has 0 aliphatic carbocycles. The molecule has 0 spiro atoms. The van der Waals surface area contributed by atoms with Crippen LogP contribution in [0.5, 0.6) is 0 Å². The van der Waals surface area contributed by atoms with Gasteiger partial charge in [0, 0.05) is 51.5 Å². The van der Waals surface area contributed by atoms with E-state index in [1.54, 1.807) is 30.0 Å². The molecule has 1 aromatic rings. The molecule has 0 bridgehead atoms. The van der Waals surface area contributed by atoms with Crippen LogP contribution in [0, 0.1) is 5.82 Å². The minimum absolute atomic E-state index is 0.0818. The van der Waals surface area contributed by atoms with Gasteiger partial charge in [-0.25, -0.2) is 18.8 Å². The number of halogens is 1. The molecule has 1 aromatic carbocycles. The SMILES string of the molecule is C=CCN1C(=O)NC(c2cccc(F)c2)C(C(=O)OCC)=C1CN1CCCN(C(=O)NCCC)CC1. The Morgan fingerprint density at radius 3 is 2.75 bits per heavy atom. The lowest BCUT2D eigenvalue weighted by Crippen LogP contribution is -2.51. The van der Waals surface area contributed by atoms with Crippen molar-refractivity contribution in [2.24, 2.45) is 0 Å². The Balaban J connectivity index is 1.95. The maximum absolute atomic E-state index is 14.1. The van der Waals surface area contributed by atoms with Crippen LogP contribution >= 0.6 is 0 Å². The van der Waals surface area contributed by atoms with Crippen molar-refractivity contribution < 1.29 is 23.5 Å². The molecule has 3 rings (SSSR count). The van der Waals surface area contributed by atoms with Gasteiger partial charge >= 0.3 is 18.0 Å². The Morgan fingerprint density at radius 1 is 1.25 bits per heavy atom. The third-order valence-electron chi connectivity index (χ3n) is 6.20. The van der Waals surface area contributed by atoms with Crippen molar-refractivity contribution in [3.05, 3.63) is 59.6 Å². The molecule has 2 heterocycles. The van der Waals surface area contributed by atoms with Crippen molar-refractivity contribution in [2.75, 3.05) is 52.4 Å². The van der Waals surface area contributed by atoms with E-state index >= 15 is 0 Å². The van der Waals surface area contributed by atoms with E-state index in [9.17, 15) is 18.8 Å². The van der Waals surface area contributed by atoms with Gasteiger partial charge in [0.15, 0.2) is 0 Å². The lowest BCUT2D eigenvalue weighted by molar-refractivity contribution is -0.139. The summed E-state index contributed by atoms with van der Waals surface area (Å²) in [5.74, 6) is -1.03. The van der Waals surface area contributed by atoms with Gasteiger partial charge in [0.05, 0.1) is 18.2 Å². The monoisotopic (exact) mass is 501 g/mol. The highest BCUT2D eigenvalue weighted by molar-refractivity contribution is 5.95. The summed E-state index contributed by atoms with van der Waals surface area (Å²) in [6.07, 6.45) is 3.21. The van der Waals surface area contributed by atoms with Gasteiger partial charge < -0.3 is 20.3 Å². The van der Waals surface area contributed by atoms with Crippen LogP contribution in [-0.2, 0) is 9.53 Å². The van der Waals surface area contributed by atoms with Crippen molar-refractivity contribution in [3.63, 3.8) is 0 Å². The van der Waals surface area contributed by atoms with Crippen LogP contribution in [0.4, 0.5) is 14.0 Å². The Kier molecular flexibility index (Phi) is 9.86. The maximum atomic E-state index is 14.1. The summed E-state index contributed by atoms with van der Waals surface area (Å²) in [7, 11) is 0. The third kappa shape index (κ3) is 6.63. The highest BCUT2D eigenvalue weighted by atomic mass is 19.1. The third-order valence-corrected chi connectivity index (χ3v) is 6.20. The number of urea groups is 2. The molecule has 10 heteroatoms. The zero-order valence-electron chi connectivity index (χ0n) is 21.1. The number of rotatable bonds is 9. The standard InChI is InChI=1S/C26H36FN5O4/c1-4-11-28-25(34)31-14-8-13-30(15-16-31)18-21-22(24(33)36-6-3)23(19-9-7-10-20(27)17-19)29-26(35)32(21)12-5-2/h5,7,9-10,17,23H,2,4,6,8,11-16,18H2,1,3H3,(H,28,34)(H,29,35). The highest BCUT2D eigenvalue weighted by Gasteiger charge is 2.38. The summed E-state index contributed by atoms with van der Waals surface area (Å²) in [6, 6.07) is 4.50. The van der Waals surface area contributed by atoms with E-state index in [-0.39, 0.29) is 24.8 Å². The van der Waals surface area contributed by atoms with Crippen LogP contribution in [0.3, 0.4) is 0 Å². The van der Waals surface area contributed by atoms with Gasteiger partial charge in [0.25, 0.3) is 0 Å². The van der Waals surface area contributed by atoms with E-state index in [1.807, 2.05) is 6.92 Å². The first-order chi connectivity index (χ1) is 17.4. The Morgan fingerprint density at radius 2 is 2.06 bits per heavy atom. The van der Waals surface area contributed by atoms with E-state index in [4.69, 9.17) is 4.74 Å².